The molecule has 20 heavy (non-hydrogen) atoms. The van der Waals surface area contributed by atoms with Crippen molar-refractivity contribution in [3.8, 4) is 5.75 Å². The van der Waals surface area contributed by atoms with Crippen molar-refractivity contribution < 1.29 is 17.9 Å². The molecule has 0 spiro atoms. The third kappa shape index (κ3) is 3.08. The van der Waals surface area contributed by atoms with Crippen molar-refractivity contribution >= 4 is 0 Å². The lowest BCUT2D eigenvalue weighted by atomic mass is 9.97. The number of alkyl halides is 3. The fraction of sp³-hybridized carbons (Fsp3) is 0.600. The monoisotopic (exact) mass is 285 g/mol. The Labute approximate surface area is 116 Å². The van der Waals surface area contributed by atoms with E-state index in [1.807, 2.05) is 0 Å². The topological polar surface area (TPSA) is 21.3 Å². The van der Waals surface area contributed by atoms with E-state index in [-0.39, 0.29) is 6.10 Å². The minimum atomic E-state index is -4.29. The lowest BCUT2D eigenvalue weighted by molar-refractivity contribution is -0.137. The second kappa shape index (κ2) is 5.28. The molecule has 1 aliphatic carbocycles. The zero-order valence-electron chi connectivity index (χ0n) is 11.1. The Bertz CT molecular complexity index is 447. The van der Waals surface area contributed by atoms with Gasteiger partial charge in [-0.05, 0) is 56.0 Å². The zero-order chi connectivity index (χ0) is 14.2. The molecule has 1 saturated heterocycles. The Balaban J connectivity index is 1.69. The third-order valence-electron chi connectivity index (χ3n) is 4.10. The standard InChI is InChI=1S/C15H18F3NO/c16-15(17,18)12-3-5-13(6-4-12)20-14(10-1-2-10)11-7-8-19-9-11/h3-6,10-11,14,19H,1-2,7-9H2/t11-,14-/m0/s1. The number of hydrogen-bond acceptors (Lipinski definition) is 2. The molecule has 1 aromatic carbocycles. The van der Waals surface area contributed by atoms with Crippen molar-refractivity contribution in [2.24, 2.45) is 11.8 Å². The molecule has 0 unspecified atom stereocenters. The average molecular weight is 285 g/mol. The number of benzene rings is 1. The summed E-state index contributed by atoms with van der Waals surface area (Å²) in [7, 11) is 0. The van der Waals surface area contributed by atoms with Gasteiger partial charge in [0.05, 0.1) is 5.56 Å². The highest BCUT2D eigenvalue weighted by Crippen LogP contribution is 2.40. The quantitative estimate of drug-likeness (QED) is 0.914. The summed E-state index contributed by atoms with van der Waals surface area (Å²) in [5.74, 6) is 1.59. The summed E-state index contributed by atoms with van der Waals surface area (Å²) in [6.07, 6.45) is -0.725. The first kappa shape index (κ1) is 13.7. The van der Waals surface area contributed by atoms with Crippen molar-refractivity contribution in [3.63, 3.8) is 0 Å². The lowest BCUT2D eigenvalue weighted by Crippen LogP contribution is -2.30. The Morgan fingerprint density at radius 1 is 1.05 bits per heavy atom. The van der Waals surface area contributed by atoms with Gasteiger partial charge in [0.25, 0.3) is 0 Å². The molecule has 2 aliphatic rings. The number of ether oxygens (including phenoxy) is 1. The van der Waals surface area contributed by atoms with Gasteiger partial charge in [0.15, 0.2) is 0 Å². The van der Waals surface area contributed by atoms with E-state index in [0.29, 0.717) is 17.6 Å². The lowest BCUT2D eigenvalue weighted by Gasteiger charge is -2.24. The highest BCUT2D eigenvalue weighted by molar-refractivity contribution is 5.29. The van der Waals surface area contributed by atoms with E-state index in [4.69, 9.17) is 4.74 Å². The van der Waals surface area contributed by atoms with Gasteiger partial charge in [-0.2, -0.15) is 13.2 Å². The van der Waals surface area contributed by atoms with Gasteiger partial charge in [0.1, 0.15) is 11.9 Å². The number of rotatable bonds is 4. The maximum Gasteiger partial charge on any atom is 0.416 e. The third-order valence-corrected chi connectivity index (χ3v) is 4.10. The molecule has 1 N–H and O–H groups in total. The van der Waals surface area contributed by atoms with Crippen molar-refractivity contribution in [3.05, 3.63) is 29.8 Å². The van der Waals surface area contributed by atoms with E-state index in [0.717, 1.165) is 31.6 Å². The SMILES string of the molecule is FC(F)(F)c1ccc(O[C@@H](C2CC2)[C@H]2CCNC2)cc1. The van der Waals surface area contributed by atoms with Crippen LogP contribution < -0.4 is 10.1 Å². The van der Waals surface area contributed by atoms with E-state index in [2.05, 4.69) is 5.32 Å². The average Bonchev–Trinajstić information content (AvgIpc) is 3.10. The van der Waals surface area contributed by atoms with Gasteiger partial charge in [-0.15, -0.1) is 0 Å². The fourth-order valence-electron chi connectivity index (χ4n) is 2.84. The molecule has 110 valence electrons. The Morgan fingerprint density at radius 3 is 2.25 bits per heavy atom. The van der Waals surface area contributed by atoms with Crippen LogP contribution in [0.5, 0.6) is 5.75 Å². The molecule has 2 atom stereocenters. The van der Waals surface area contributed by atoms with Crippen LogP contribution in [0.15, 0.2) is 24.3 Å². The number of hydrogen-bond donors (Lipinski definition) is 1. The molecular weight excluding hydrogens is 267 g/mol. The first-order valence-corrected chi connectivity index (χ1v) is 7.08. The molecule has 2 fully saturated rings. The molecule has 1 saturated carbocycles. The minimum absolute atomic E-state index is 0.140. The summed E-state index contributed by atoms with van der Waals surface area (Å²) in [6.45, 7) is 1.95. The molecule has 0 aromatic heterocycles. The molecule has 0 radical (unpaired) electrons. The zero-order valence-corrected chi connectivity index (χ0v) is 11.1. The van der Waals surface area contributed by atoms with Crippen LogP contribution >= 0.6 is 0 Å². The first-order chi connectivity index (χ1) is 9.54. The largest absolute Gasteiger partial charge is 0.490 e. The summed E-state index contributed by atoms with van der Waals surface area (Å²) in [5.41, 5.74) is -0.629. The van der Waals surface area contributed by atoms with Gasteiger partial charge < -0.3 is 10.1 Å². The van der Waals surface area contributed by atoms with Crippen LogP contribution in [0, 0.1) is 11.8 Å². The molecule has 0 bridgehead atoms. The van der Waals surface area contributed by atoms with Gasteiger partial charge in [-0.25, -0.2) is 0 Å². The van der Waals surface area contributed by atoms with Gasteiger partial charge in [0, 0.05) is 12.5 Å². The number of halogens is 3. The second-order valence-electron chi connectivity index (χ2n) is 5.69. The van der Waals surface area contributed by atoms with Gasteiger partial charge >= 0.3 is 6.18 Å². The molecular formula is C15H18F3NO. The Kier molecular flexibility index (Phi) is 3.63. The van der Waals surface area contributed by atoms with E-state index in [1.165, 1.54) is 25.0 Å². The maximum atomic E-state index is 12.5. The molecule has 1 aliphatic heterocycles. The van der Waals surface area contributed by atoms with Crippen LogP contribution in [0.1, 0.15) is 24.8 Å². The molecule has 3 rings (SSSR count). The van der Waals surface area contributed by atoms with Crippen LogP contribution in [0.3, 0.4) is 0 Å². The highest BCUT2D eigenvalue weighted by atomic mass is 19.4. The molecule has 1 heterocycles. The minimum Gasteiger partial charge on any atom is -0.490 e. The van der Waals surface area contributed by atoms with Crippen molar-refractivity contribution in [1.29, 1.82) is 0 Å². The van der Waals surface area contributed by atoms with Crippen molar-refractivity contribution in [1.82, 2.24) is 5.32 Å². The van der Waals surface area contributed by atoms with Crippen LogP contribution in [0.4, 0.5) is 13.2 Å². The fourth-order valence-corrected chi connectivity index (χ4v) is 2.84. The van der Waals surface area contributed by atoms with Crippen LogP contribution in [0.25, 0.3) is 0 Å². The molecule has 1 aromatic rings. The predicted octanol–water partition coefficient (Wildman–Crippen LogP) is 3.47. The van der Waals surface area contributed by atoms with E-state index in [1.54, 1.807) is 0 Å². The molecule has 5 heteroatoms. The highest BCUT2D eigenvalue weighted by Gasteiger charge is 2.39. The molecule has 2 nitrogen and oxygen atoms in total. The van der Waals surface area contributed by atoms with Crippen molar-refractivity contribution in [2.45, 2.75) is 31.5 Å². The Morgan fingerprint density at radius 2 is 1.75 bits per heavy atom. The summed E-state index contributed by atoms with van der Waals surface area (Å²) >= 11 is 0. The van der Waals surface area contributed by atoms with E-state index >= 15 is 0 Å². The van der Waals surface area contributed by atoms with Gasteiger partial charge in [0.2, 0.25) is 0 Å². The molecule has 0 amide bonds. The Hall–Kier alpha value is -1.23. The summed E-state index contributed by atoms with van der Waals surface area (Å²) in [4.78, 5) is 0. The normalized spacial score (nSPS) is 24.6. The van der Waals surface area contributed by atoms with E-state index in [9.17, 15) is 13.2 Å². The predicted molar refractivity (Wildman–Crippen MR) is 69.6 cm³/mol. The van der Waals surface area contributed by atoms with Crippen molar-refractivity contribution in [2.75, 3.05) is 13.1 Å². The summed E-state index contributed by atoms with van der Waals surface area (Å²) in [6, 6.07) is 5.04. The second-order valence-corrected chi connectivity index (χ2v) is 5.69. The smallest absolute Gasteiger partial charge is 0.416 e. The first-order valence-electron chi connectivity index (χ1n) is 7.08. The van der Waals surface area contributed by atoms with Gasteiger partial charge in [-0.1, -0.05) is 0 Å². The summed E-state index contributed by atoms with van der Waals surface area (Å²) < 4.78 is 43.5. The summed E-state index contributed by atoms with van der Waals surface area (Å²) in [5, 5.41) is 3.32. The van der Waals surface area contributed by atoms with Crippen LogP contribution in [0.2, 0.25) is 0 Å². The van der Waals surface area contributed by atoms with Crippen LogP contribution in [-0.4, -0.2) is 19.2 Å². The number of nitrogens with one attached hydrogen (secondary N) is 1. The van der Waals surface area contributed by atoms with E-state index < -0.39 is 11.7 Å². The van der Waals surface area contributed by atoms with Gasteiger partial charge in [-0.3, -0.25) is 0 Å². The van der Waals surface area contributed by atoms with Crippen LogP contribution in [-0.2, 0) is 6.18 Å². The maximum absolute atomic E-state index is 12.5.